The van der Waals surface area contributed by atoms with Crippen molar-refractivity contribution in [2.45, 2.75) is 162 Å². The molecule has 0 aromatic heterocycles. The minimum atomic E-state index is -0.564. The largest absolute Gasteiger partial charge is 0.330 e. The third kappa shape index (κ3) is 8.50. The van der Waals surface area contributed by atoms with E-state index in [1.165, 1.54) is 123 Å². The van der Waals surface area contributed by atoms with Crippen LogP contribution in [0.4, 0.5) is 45.5 Å². The zero-order chi connectivity index (χ0) is 58.6. The summed E-state index contributed by atoms with van der Waals surface area (Å²) < 4.78 is 0. The molecule has 0 bridgehead atoms. The maximum atomic E-state index is 2.83. The van der Waals surface area contributed by atoms with Crippen molar-refractivity contribution < 1.29 is 0 Å². The van der Waals surface area contributed by atoms with Gasteiger partial charge in [0.05, 0.1) is 16.6 Å². The van der Waals surface area contributed by atoms with Gasteiger partial charge >= 0.3 is 0 Å². The van der Waals surface area contributed by atoms with Gasteiger partial charge in [0.15, 0.2) is 0 Å². The molecular formula is C79H84BN3. The van der Waals surface area contributed by atoms with Gasteiger partial charge in [-0.15, -0.1) is 0 Å². The molecular weight excluding hydrogens is 1000 g/mol. The molecule has 2 unspecified atom stereocenters. The van der Waals surface area contributed by atoms with Crippen molar-refractivity contribution in [3.63, 3.8) is 0 Å². The van der Waals surface area contributed by atoms with Gasteiger partial charge in [-0.3, -0.25) is 0 Å². The lowest BCUT2D eigenvalue weighted by Gasteiger charge is -2.53. The maximum absolute atomic E-state index is 2.83. The molecule has 3 heterocycles. The van der Waals surface area contributed by atoms with E-state index < -0.39 is 11.0 Å². The monoisotopic (exact) mass is 1090 g/mol. The van der Waals surface area contributed by atoms with Crippen molar-refractivity contribution in [2.75, 3.05) is 14.7 Å². The zero-order valence-electron chi connectivity index (χ0n) is 52.3. The number of anilines is 8. The third-order valence-corrected chi connectivity index (χ3v) is 19.6. The zero-order valence-corrected chi connectivity index (χ0v) is 52.3. The molecule has 9 aromatic rings. The van der Waals surface area contributed by atoms with E-state index in [0.717, 1.165) is 12.8 Å². The molecule has 0 fully saturated rings. The summed E-state index contributed by atoms with van der Waals surface area (Å²) in [7, 11) is 0. The number of rotatable bonds is 5. The molecule has 0 radical (unpaired) electrons. The molecule has 3 nitrogen and oxygen atoms in total. The SMILES string of the molecule is CC(C)(C)c1cccc(N2c3cc(C(C)(C)C)ccc3B3c4ccc(C(C)(C)C)cc4N(c4ccc(C(C)(C)C)cc4-c4ccccc4)c4cc(N5c6ccc(C(C)(C)C)cc6C6(c7ccccc7)CCc7ccccc7C56C)cc2c43)c1. The molecule has 0 amide bonds. The van der Waals surface area contributed by atoms with Gasteiger partial charge in [0.25, 0.3) is 6.71 Å². The van der Waals surface area contributed by atoms with Crippen LogP contribution in [0, 0.1) is 0 Å². The third-order valence-electron chi connectivity index (χ3n) is 19.6. The first-order valence-electron chi connectivity index (χ1n) is 30.7. The highest BCUT2D eigenvalue weighted by Crippen LogP contribution is 2.67. The summed E-state index contributed by atoms with van der Waals surface area (Å²) in [5, 5.41) is 0. The lowest BCUT2D eigenvalue weighted by Crippen LogP contribution is -2.61. The van der Waals surface area contributed by atoms with Crippen LogP contribution in [0.2, 0.25) is 0 Å². The lowest BCUT2D eigenvalue weighted by molar-refractivity contribution is 0.270. The van der Waals surface area contributed by atoms with Crippen LogP contribution in [0.1, 0.15) is 167 Å². The van der Waals surface area contributed by atoms with Crippen molar-refractivity contribution in [1.82, 2.24) is 0 Å². The second kappa shape index (κ2) is 18.7. The molecule has 3 aliphatic heterocycles. The van der Waals surface area contributed by atoms with Crippen LogP contribution in [0.5, 0.6) is 0 Å². The Morgan fingerprint density at radius 1 is 0.373 bits per heavy atom. The Bertz CT molecular complexity index is 4040. The first-order chi connectivity index (χ1) is 39.2. The summed E-state index contributed by atoms with van der Waals surface area (Å²) in [6.07, 6.45) is 1.97. The number of aryl methyl sites for hydroxylation is 1. The Morgan fingerprint density at radius 3 is 1.47 bits per heavy atom. The number of nitrogens with zero attached hydrogens (tertiary/aromatic N) is 3. The molecule has 0 spiro atoms. The Morgan fingerprint density at radius 2 is 0.867 bits per heavy atom. The summed E-state index contributed by atoms with van der Waals surface area (Å²) in [6.45, 7) is 37.9. The molecule has 4 aliphatic rings. The van der Waals surface area contributed by atoms with Crippen LogP contribution >= 0.6 is 0 Å². The standard InChI is InChI=1S/C79H84BN3/c1-73(2,3)54-31-25-32-59(44-54)81-68-47-57(76(10,11)12)34-38-64(68)80-65-39-35-58(77(13,14)15)48-69(65)82(66-40-36-55(74(4,5)6)45-61(66)51-26-19-17-20-27-51)71-50-60(49-70(81)72(71)80)83-67-41-37-56(75(7,8)9)46-63(67)79(53-29-21-18-22-30-53)43-42-52-28-23-24-33-62(52)78(79,83)16/h17-41,44-50H,42-43H2,1-16H3. The van der Waals surface area contributed by atoms with Crippen LogP contribution in [-0.2, 0) is 44.4 Å². The van der Waals surface area contributed by atoms with Crippen LogP contribution in [0.3, 0.4) is 0 Å². The van der Waals surface area contributed by atoms with E-state index in [9.17, 15) is 0 Å². The van der Waals surface area contributed by atoms with E-state index in [1.807, 2.05) is 0 Å². The summed E-state index contributed by atoms with van der Waals surface area (Å²) >= 11 is 0. The molecule has 83 heavy (non-hydrogen) atoms. The summed E-state index contributed by atoms with van der Waals surface area (Å²) in [5.74, 6) is 0. The first-order valence-corrected chi connectivity index (χ1v) is 30.7. The highest BCUT2D eigenvalue weighted by atomic mass is 15.3. The molecule has 13 rings (SSSR count). The van der Waals surface area contributed by atoms with E-state index >= 15 is 0 Å². The molecule has 0 saturated heterocycles. The minimum absolute atomic E-state index is 0.0610. The molecule has 4 heteroatoms. The highest BCUT2D eigenvalue weighted by Gasteiger charge is 2.63. The van der Waals surface area contributed by atoms with Gasteiger partial charge in [0, 0.05) is 45.4 Å². The fourth-order valence-electron chi connectivity index (χ4n) is 14.9. The Labute approximate surface area is 497 Å². The summed E-state index contributed by atoms with van der Waals surface area (Å²) in [5.41, 5.74) is 27.0. The number of hydrogen-bond acceptors (Lipinski definition) is 3. The molecule has 0 saturated carbocycles. The lowest BCUT2D eigenvalue weighted by atomic mass is 9.33. The van der Waals surface area contributed by atoms with Gasteiger partial charge in [0.2, 0.25) is 0 Å². The number of hydrogen-bond donors (Lipinski definition) is 0. The Kier molecular flexibility index (Phi) is 12.3. The quantitative estimate of drug-likeness (QED) is 0.159. The van der Waals surface area contributed by atoms with E-state index in [-0.39, 0.29) is 33.8 Å². The van der Waals surface area contributed by atoms with E-state index in [1.54, 1.807) is 0 Å². The van der Waals surface area contributed by atoms with E-state index in [0.29, 0.717) is 0 Å². The normalized spacial score (nSPS) is 18.3. The van der Waals surface area contributed by atoms with Crippen molar-refractivity contribution in [3.05, 3.63) is 244 Å². The first kappa shape index (κ1) is 54.7. The predicted octanol–water partition coefficient (Wildman–Crippen LogP) is 19.2. The Hall–Kier alpha value is -7.56. The fourth-order valence-corrected chi connectivity index (χ4v) is 14.9. The topological polar surface area (TPSA) is 9.72 Å². The average molecular weight is 1090 g/mol. The van der Waals surface area contributed by atoms with Gasteiger partial charge < -0.3 is 14.7 Å². The van der Waals surface area contributed by atoms with E-state index in [2.05, 4.69) is 320 Å². The van der Waals surface area contributed by atoms with Crippen molar-refractivity contribution >= 4 is 68.6 Å². The second-order valence-corrected chi connectivity index (χ2v) is 30.0. The van der Waals surface area contributed by atoms with Gasteiger partial charge in [-0.05, 0) is 173 Å². The molecule has 9 aromatic carbocycles. The van der Waals surface area contributed by atoms with Crippen LogP contribution in [-0.4, -0.2) is 6.71 Å². The van der Waals surface area contributed by atoms with Crippen LogP contribution < -0.4 is 31.1 Å². The number of benzene rings is 9. The highest BCUT2D eigenvalue weighted by molar-refractivity contribution is 7.00. The van der Waals surface area contributed by atoms with Gasteiger partial charge in [-0.1, -0.05) is 243 Å². The van der Waals surface area contributed by atoms with Crippen molar-refractivity contribution in [3.8, 4) is 11.1 Å². The van der Waals surface area contributed by atoms with E-state index in [4.69, 9.17) is 0 Å². The molecule has 418 valence electrons. The summed E-state index contributed by atoms with van der Waals surface area (Å²) in [6, 6.07) is 76.7. The molecule has 1 aliphatic carbocycles. The summed E-state index contributed by atoms with van der Waals surface area (Å²) in [4.78, 5) is 8.21. The van der Waals surface area contributed by atoms with Gasteiger partial charge in [-0.25, -0.2) is 0 Å². The number of fused-ring (bicyclic) bond motifs is 9. The van der Waals surface area contributed by atoms with Gasteiger partial charge in [0.1, 0.15) is 0 Å². The minimum Gasteiger partial charge on any atom is -0.330 e. The van der Waals surface area contributed by atoms with Crippen molar-refractivity contribution in [1.29, 1.82) is 0 Å². The maximum Gasteiger partial charge on any atom is 0.252 e. The smallest absolute Gasteiger partial charge is 0.252 e. The van der Waals surface area contributed by atoms with Gasteiger partial charge in [-0.2, -0.15) is 0 Å². The second-order valence-electron chi connectivity index (χ2n) is 30.0. The predicted molar refractivity (Wildman–Crippen MR) is 357 cm³/mol. The fraction of sp³-hybridized carbons (Fsp3) is 0.316. The average Bonchev–Trinajstić information content (AvgIpc) is 1.66. The van der Waals surface area contributed by atoms with Crippen LogP contribution in [0.15, 0.2) is 194 Å². The molecule has 0 N–H and O–H groups in total. The van der Waals surface area contributed by atoms with Crippen molar-refractivity contribution in [2.24, 2.45) is 0 Å². The molecule has 2 atom stereocenters. The Balaban J connectivity index is 1.23. The van der Waals surface area contributed by atoms with Crippen LogP contribution in [0.25, 0.3) is 11.1 Å².